The Morgan fingerprint density at radius 1 is 1.19 bits per heavy atom. The van der Waals surface area contributed by atoms with Crippen LogP contribution in [0.4, 0.5) is 5.69 Å². The van der Waals surface area contributed by atoms with Gasteiger partial charge in [0.05, 0.1) is 12.6 Å². The Morgan fingerprint density at radius 2 is 1.96 bits per heavy atom. The molecule has 2 aromatic rings. The lowest BCUT2D eigenvalue weighted by Gasteiger charge is -2.25. The van der Waals surface area contributed by atoms with Gasteiger partial charge in [-0.2, -0.15) is 0 Å². The largest absolute Gasteiger partial charge is 0.497 e. The molecule has 0 saturated heterocycles. The van der Waals surface area contributed by atoms with Crippen molar-refractivity contribution >= 4 is 16.6 Å². The number of anilines is 1. The van der Waals surface area contributed by atoms with Gasteiger partial charge in [0, 0.05) is 22.8 Å². The van der Waals surface area contributed by atoms with Gasteiger partial charge in [-0.15, -0.1) is 0 Å². The Labute approximate surface area is 164 Å². The molecule has 1 N–H and O–H groups in total. The average molecular weight is 370 g/mol. The number of rotatable bonds is 9. The summed E-state index contributed by atoms with van der Waals surface area (Å²) in [5.41, 5.74) is 5.09. The summed E-state index contributed by atoms with van der Waals surface area (Å²) < 4.78 is 5.48. The zero-order chi connectivity index (χ0) is 19.2. The number of ether oxygens (including phenoxy) is 1. The standard InChI is InChI=1S/C23H35N3O/c1-5-26(6-2)15-9-10-17(3)24-23-19-11-7-8-12-21(19)25-22-14-13-18(27-4)16-20(22)23/h13-14,16-17H,5-12,15H2,1-4H3,(H,24,25)/t17-/m0/s1. The number of fused-ring (bicyclic) bond motifs is 2. The van der Waals surface area contributed by atoms with E-state index in [9.17, 15) is 0 Å². The first-order valence-corrected chi connectivity index (χ1v) is 10.6. The summed E-state index contributed by atoms with van der Waals surface area (Å²) in [6, 6.07) is 6.70. The fourth-order valence-corrected chi connectivity index (χ4v) is 4.17. The number of hydrogen-bond acceptors (Lipinski definition) is 4. The van der Waals surface area contributed by atoms with Crippen molar-refractivity contribution in [1.82, 2.24) is 9.88 Å². The number of nitrogens with zero attached hydrogens (tertiary/aromatic N) is 2. The molecule has 3 rings (SSSR count). The van der Waals surface area contributed by atoms with Crippen molar-refractivity contribution in [3.63, 3.8) is 0 Å². The molecule has 0 saturated carbocycles. The molecule has 1 aliphatic rings. The highest BCUT2D eigenvalue weighted by atomic mass is 16.5. The number of methoxy groups -OCH3 is 1. The normalized spacial score (nSPS) is 15.0. The highest BCUT2D eigenvalue weighted by Crippen LogP contribution is 2.35. The molecule has 1 aromatic carbocycles. The fraction of sp³-hybridized carbons (Fsp3) is 0.609. The van der Waals surface area contributed by atoms with Crippen LogP contribution >= 0.6 is 0 Å². The number of hydrogen-bond donors (Lipinski definition) is 1. The minimum atomic E-state index is 0.448. The molecule has 1 aromatic heterocycles. The quantitative estimate of drug-likeness (QED) is 0.671. The highest BCUT2D eigenvalue weighted by molar-refractivity contribution is 5.94. The molecule has 4 heteroatoms. The smallest absolute Gasteiger partial charge is 0.119 e. The van der Waals surface area contributed by atoms with Crippen LogP contribution in [-0.4, -0.2) is 42.7 Å². The van der Waals surface area contributed by atoms with Crippen molar-refractivity contribution < 1.29 is 4.74 Å². The van der Waals surface area contributed by atoms with Gasteiger partial charge < -0.3 is 15.0 Å². The van der Waals surface area contributed by atoms with Crippen LogP contribution in [0.3, 0.4) is 0 Å². The van der Waals surface area contributed by atoms with Crippen LogP contribution in [0.15, 0.2) is 18.2 Å². The van der Waals surface area contributed by atoms with E-state index in [2.05, 4.69) is 43.1 Å². The topological polar surface area (TPSA) is 37.4 Å². The highest BCUT2D eigenvalue weighted by Gasteiger charge is 2.19. The zero-order valence-electron chi connectivity index (χ0n) is 17.5. The van der Waals surface area contributed by atoms with Crippen LogP contribution in [0, 0.1) is 0 Å². The van der Waals surface area contributed by atoms with Gasteiger partial charge >= 0.3 is 0 Å². The first kappa shape index (κ1) is 19.9. The summed E-state index contributed by atoms with van der Waals surface area (Å²) in [5, 5.41) is 5.06. The molecule has 148 valence electrons. The van der Waals surface area contributed by atoms with E-state index in [1.54, 1.807) is 7.11 Å². The van der Waals surface area contributed by atoms with Crippen LogP contribution < -0.4 is 10.1 Å². The molecule has 0 fully saturated rings. The molecule has 4 nitrogen and oxygen atoms in total. The van der Waals surface area contributed by atoms with Gasteiger partial charge in [0.15, 0.2) is 0 Å². The van der Waals surface area contributed by atoms with Gasteiger partial charge in [-0.05, 0) is 88.8 Å². The number of aromatic nitrogens is 1. The van der Waals surface area contributed by atoms with Crippen LogP contribution in [0.25, 0.3) is 10.9 Å². The van der Waals surface area contributed by atoms with Crippen molar-refractivity contribution in [2.24, 2.45) is 0 Å². The second kappa shape index (κ2) is 9.41. The lowest BCUT2D eigenvalue weighted by Crippen LogP contribution is -2.26. The van der Waals surface area contributed by atoms with Crippen molar-refractivity contribution in [3.8, 4) is 5.75 Å². The summed E-state index contributed by atoms with van der Waals surface area (Å²) in [6.45, 7) is 10.3. The third kappa shape index (κ3) is 4.73. The van der Waals surface area contributed by atoms with E-state index in [1.807, 2.05) is 6.07 Å². The monoisotopic (exact) mass is 369 g/mol. The average Bonchev–Trinajstić information content (AvgIpc) is 2.70. The lowest BCUT2D eigenvalue weighted by atomic mass is 9.92. The molecule has 0 aliphatic heterocycles. The van der Waals surface area contributed by atoms with Crippen molar-refractivity contribution in [3.05, 3.63) is 29.5 Å². The number of benzene rings is 1. The number of nitrogens with one attached hydrogen (secondary N) is 1. The molecule has 1 aliphatic carbocycles. The van der Waals surface area contributed by atoms with Crippen LogP contribution in [0.5, 0.6) is 5.75 Å². The molecule has 27 heavy (non-hydrogen) atoms. The summed E-state index contributed by atoms with van der Waals surface area (Å²) in [4.78, 5) is 7.47. The summed E-state index contributed by atoms with van der Waals surface area (Å²) in [6.07, 6.45) is 7.14. The Hall–Kier alpha value is -1.81. The van der Waals surface area contributed by atoms with E-state index in [-0.39, 0.29) is 0 Å². The molecular weight excluding hydrogens is 334 g/mol. The van der Waals surface area contributed by atoms with E-state index >= 15 is 0 Å². The second-order valence-electron chi connectivity index (χ2n) is 7.72. The van der Waals surface area contributed by atoms with Crippen LogP contribution in [0.2, 0.25) is 0 Å². The summed E-state index contributed by atoms with van der Waals surface area (Å²) >= 11 is 0. The molecule has 0 bridgehead atoms. The number of pyridine rings is 1. The van der Waals surface area contributed by atoms with Gasteiger partial charge in [0.1, 0.15) is 5.75 Å². The van der Waals surface area contributed by atoms with Gasteiger partial charge in [0.25, 0.3) is 0 Å². The Balaban J connectivity index is 1.83. The van der Waals surface area contributed by atoms with Crippen molar-refractivity contribution in [2.45, 2.75) is 65.3 Å². The maximum Gasteiger partial charge on any atom is 0.119 e. The lowest BCUT2D eigenvalue weighted by molar-refractivity contribution is 0.295. The first-order chi connectivity index (χ1) is 13.2. The van der Waals surface area contributed by atoms with E-state index in [0.29, 0.717) is 6.04 Å². The molecule has 0 unspecified atom stereocenters. The van der Waals surface area contributed by atoms with E-state index < -0.39 is 0 Å². The van der Waals surface area contributed by atoms with Crippen LogP contribution in [-0.2, 0) is 12.8 Å². The number of aryl methyl sites for hydroxylation is 1. The third-order valence-corrected chi connectivity index (χ3v) is 5.87. The summed E-state index contributed by atoms with van der Waals surface area (Å²) in [7, 11) is 1.73. The zero-order valence-corrected chi connectivity index (χ0v) is 17.5. The van der Waals surface area contributed by atoms with E-state index in [0.717, 1.165) is 37.2 Å². The van der Waals surface area contributed by atoms with Crippen LogP contribution in [0.1, 0.15) is 57.7 Å². The molecular formula is C23H35N3O. The SMILES string of the molecule is CCN(CC)CCC[C@H](C)Nc1c2c(nc3ccc(OC)cc13)CCCC2. The molecule has 0 amide bonds. The van der Waals surface area contributed by atoms with Crippen molar-refractivity contribution in [1.29, 1.82) is 0 Å². The molecule has 1 heterocycles. The minimum Gasteiger partial charge on any atom is -0.497 e. The minimum absolute atomic E-state index is 0.448. The van der Waals surface area contributed by atoms with E-state index in [4.69, 9.17) is 9.72 Å². The van der Waals surface area contributed by atoms with Gasteiger partial charge in [-0.3, -0.25) is 4.98 Å². The van der Waals surface area contributed by atoms with Gasteiger partial charge in [0.2, 0.25) is 0 Å². The van der Waals surface area contributed by atoms with Gasteiger partial charge in [-0.1, -0.05) is 13.8 Å². The fourth-order valence-electron chi connectivity index (χ4n) is 4.17. The maximum absolute atomic E-state index is 5.48. The predicted octanol–water partition coefficient (Wildman–Crippen LogP) is 5.04. The molecule has 0 spiro atoms. The second-order valence-corrected chi connectivity index (χ2v) is 7.72. The molecule has 0 radical (unpaired) electrons. The van der Waals surface area contributed by atoms with E-state index in [1.165, 1.54) is 54.6 Å². The Morgan fingerprint density at radius 3 is 2.70 bits per heavy atom. The predicted molar refractivity (Wildman–Crippen MR) is 115 cm³/mol. The Bertz CT molecular complexity index is 755. The molecule has 1 atom stereocenters. The van der Waals surface area contributed by atoms with Crippen molar-refractivity contribution in [2.75, 3.05) is 32.1 Å². The van der Waals surface area contributed by atoms with Gasteiger partial charge in [-0.25, -0.2) is 0 Å². The summed E-state index contributed by atoms with van der Waals surface area (Å²) in [5.74, 6) is 0.900. The Kier molecular flexibility index (Phi) is 6.95. The maximum atomic E-state index is 5.48. The third-order valence-electron chi connectivity index (χ3n) is 5.87. The first-order valence-electron chi connectivity index (χ1n) is 10.6.